The molecule has 30 heavy (non-hydrogen) atoms. The molecule has 3 N–H and O–H groups in total. The summed E-state index contributed by atoms with van der Waals surface area (Å²) < 4.78 is 5.55. The van der Waals surface area contributed by atoms with E-state index in [0.717, 1.165) is 5.56 Å². The highest BCUT2D eigenvalue weighted by Crippen LogP contribution is 2.18. The third-order valence-corrected chi connectivity index (χ3v) is 4.39. The number of rotatable bonds is 14. The van der Waals surface area contributed by atoms with Gasteiger partial charge in [0.15, 0.2) is 0 Å². The minimum absolute atomic E-state index is 0.0304. The van der Waals surface area contributed by atoms with Gasteiger partial charge in [0.2, 0.25) is 11.8 Å². The number of carbonyl (C=O) groups is 3. The van der Waals surface area contributed by atoms with Crippen molar-refractivity contribution < 1.29 is 24.2 Å². The molecule has 0 bridgehead atoms. The quantitative estimate of drug-likeness (QED) is 0.319. The number of ether oxygens (including phenoxy) is 1. The van der Waals surface area contributed by atoms with Crippen LogP contribution in [0.3, 0.4) is 0 Å². The molecular weight excluding hydrogens is 384 g/mol. The van der Waals surface area contributed by atoms with Gasteiger partial charge >= 0.3 is 5.97 Å². The molecule has 7 heteroatoms. The van der Waals surface area contributed by atoms with E-state index in [2.05, 4.69) is 23.8 Å². The van der Waals surface area contributed by atoms with E-state index in [1.54, 1.807) is 19.1 Å². The Morgan fingerprint density at radius 3 is 2.47 bits per heavy atom. The molecule has 0 aromatic heterocycles. The normalized spacial score (nSPS) is 13.4. The van der Waals surface area contributed by atoms with Gasteiger partial charge in [-0.1, -0.05) is 42.5 Å². The molecule has 0 radical (unpaired) electrons. The van der Waals surface area contributed by atoms with Gasteiger partial charge in [-0.25, -0.2) is 0 Å². The first-order valence-corrected chi connectivity index (χ1v) is 10.0. The minimum atomic E-state index is -0.639. The molecule has 0 aliphatic heterocycles. The molecule has 0 aliphatic carbocycles. The Kier molecular flexibility index (Phi) is 11.8. The molecule has 1 aromatic carbocycles. The maximum atomic E-state index is 12.7. The van der Waals surface area contributed by atoms with Crippen molar-refractivity contribution in [3.63, 3.8) is 0 Å². The molecule has 0 saturated carbocycles. The van der Waals surface area contributed by atoms with Crippen molar-refractivity contribution in [2.75, 3.05) is 13.2 Å². The zero-order chi connectivity index (χ0) is 22.4. The first-order chi connectivity index (χ1) is 14.4. The predicted molar refractivity (Wildman–Crippen MR) is 115 cm³/mol. The maximum Gasteiger partial charge on any atom is 0.306 e. The molecule has 0 unspecified atom stereocenters. The Bertz CT molecular complexity index is 705. The summed E-state index contributed by atoms with van der Waals surface area (Å²) >= 11 is 0. The molecule has 0 aliphatic rings. The van der Waals surface area contributed by atoms with Gasteiger partial charge in [-0.05, 0) is 25.3 Å². The molecule has 7 nitrogen and oxygen atoms in total. The Balaban J connectivity index is 2.76. The van der Waals surface area contributed by atoms with Gasteiger partial charge in [0, 0.05) is 18.9 Å². The van der Waals surface area contributed by atoms with Crippen LogP contribution in [0.25, 0.3) is 0 Å². The highest BCUT2D eigenvalue weighted by molar-refractivity contribution is 5.86. The fraction of sp³-hybridized carbons (Fsp3) is 0.435. The molecule has 0 saturated heterocycles. The number of esters is 1. The monoisotopic (exact) mass is 416 g/mol. The number of aliphatic hydroxyl groups is 1. The van der Waals surface area contributed by atoms with E-state index in [1.165, 1.54) is 0 Å². The zero-order valence-corrected chi connectivity index (χ0v) is 17.5. The molecule has 2 amide bonds. The van der Waals surface area contributed by atoms with Crippen molar-refractivity contribution in [1.82, 2.24) is 10.6 Å². The van der Waals surface area contributed by atoms with Crippen LogP contribution in [0.5, 0.6) is 0 Å². The van der Waals surface area contributed by atoms with Crippen LogP contribution in [0, 0.1) is 5.92 Å². The molecule has 1 rings (SSSR count). The number of amides is 2. The molecule has 164 valence electrons. The van der Waals surface area contributed by atoms with Crippen LogP contribution in [0.2, 0.25) is 0 Å². The van der Waals surface area contributed by atoms with Gasteiger partial charge in [-0.2, -0.15) is 0 Å². The number of aliphatic hydroxyl groups excluding tert-OH is 1. The average Bonchev–Trinajstić information content (AvgIpc) is 2.75. The average molecular weight is 417 g/mol. The van der Waals surface area contributed by atoms with E-state index in [4.69, 9.17) is 9.84 Å². The second kappa shape index (κ2) is 14.1. The van der Waals surface area contributed by atoms with Crippen molar-refractivity contribution in [2.45, 2.75) is 44.8 Å². The van der Waals surface area contributed by atoms with Gasteiger partial charge in [0.25, 0.3) is 0 Å². The lowest BCUT2D eigenvalue weighted by atomic mass is 9.99. The van der Waals surface area contributed by atoms with Crippen molar-refractivity contribution in [2.24, 2.45) is 5.92 Å². The number of carbonyl (C=O) groups excluding carboxylic acids is 3. The van der Waals surface area contributed by atoms with Gasteiger partial charge in [-0.15, -0.1) is 13.2 Å². The van der Waals surface area contributed by atoms with E-state index in [1.807, 2.05) is 30.3 Å². The fourth-order valence-corrected chi connectivity index (χ4v) is 2.76. The summed E-state index contributed by atoms with van der Waals surface area (Å²) in [7, 11) is 0. The van der Waals surface area contributed by atoms with E-state index in [0.29, 0.717) is 12.8 Å². The molecule has 1 aromatic rings. The summed E-state index contributed by atoms with van der Waals surface area (Å²) in [6, 6.07) is 8.77. The lowest BCUT2D eigenvalue weighted by Gasteiger charge is -2.21. The molecule has 0 fully saturated rings. The standard InChI is InChI=1S/C23H32N2O5/c1-4-6-13-22(28)30-20(18-11-8-7-9-12-18)15-24-23(29)19(10-5-2)14-21(27)25-17(3)16-26/h4-5,7-9,11-12,17,19-20,26H,1-2,6,10,13-16H2,3H3,(H,24,29)(H,25,27)/t17-,19-,20+/m0/s1. The number of nitrogens with one attached hydrogen (secondary N) is 2. The first kappa shape index (κ1) is 25.1. The van der Waals surface area contributed by atoms with Crippen molar-refractivity contribution >= 4 is 17.8 Å². The summed E-state index contributed by atoms with van der Waals surface area (Å²) in [5.41, 5.74) is 0.763. The van der Waals surface area contributed by atoms with Gasteiger partial charge in [-0.3, -0.25) is 14.4 Å². The molecule has 0 heterocycles. The Morgan fingerprint density at radius 2 is 1.87 bits per heavy atom. The van der Waals surface area contributed by atoms with Crippen LogP contribution in [0.1, 0.15) is 44.3 Å². The third kappa shape index (κ3) is 9.52. The summed E-state index contributed by atoms with van der Waals surface area (Å²) in [5.74, 6) is -1.64. The molecule has 3 atom stereocenters. The zero-order valence-electron chi connectivity index (χ0n) is 17.5. The maximum absolute atomic E-state index is 12.7. The summed E-state index contributed by atoms with van der Waals surface area (Å²) in [5, 5.41) is 14.5. The van der Waals surface area contributed by atoms with Crippen molar-refractivity contribution in [3.05, 3.63) is 61.2 Å². The SMILES string of the molecule is C=CCCC(=O)O[C@H](CNC(=O)[C@@H](CC=C)CC(=O)N[C@@H](C)CO)c1ccccc1. The Labute approximate surface area is 178 Å². The number of allylic oxidation sites excluding steroid dienone is 2. The summed E-state index contributed by atoms with van der Waals surface area (Å²) in [6.45, 7) is 8.82. The lowest BCUT2D eigenvalue weighted by Crippen LogP contribution is -2.40. The third-order valence-electron chi connectivity index (χ3n) is 4.39. The van der Waals surface area contributed by atoms with Gasteiger partial charge in [0.1, 0.15) is 6.10 Å². The molecule has 0 spiro atoms. The number of hydrogen-bond acceptors (Lipinski definition) is 5. The van der Waals surface area contributed by atoms with Gasteiger partial charge in [0.05, 0.1) is 19.1 Å². The highest BCUT2D eigenvalue weighted by Gasteiger charge is 2.24. The summed E-state index contributed by atoms with van der Waals surface area (Å²) in [6.07, 6.45) is 3.60. The molecular formula is C23H32N2O5. The van der Waals surface area contributed by atoms with E-state index in [9.17, 15) is 14.4 Å². The highest BCUT2D eigenvalue weighted by atomic mass is 16.5. The van der Waals surface area contributed by atoms with E-state index in [-0.39, 0.29) is 49.8 Å². The van der Waals surface area contributed by atoms with Crippen molar-refractivity contribution in [1.29, 1.82) is 0 Å². The van der Waals surface area contributed by atoms with E-state index < -0.39 is 12.0 Å². The van der Waals surface area contributed by atoms with Crippen LogP contribution in [0.4, 0.5) is 0 Å². The van der Waals surface area contributed by atoms with Gasteiger partial charge < -0.3 is 20.5 Å². The first-order valence-electron chi connectivity index (χ1n) is 10.0. The second-order valence-electron chi connectivity index (χ2n) is 7.04. The fourth-order valence-electron chi connectivity index (χ4n) is 2.76. The minimum Gasteiger partial charge on any atom is -0.456 e. The number of benzene rings is 1. The lowest BCUT2D eigenvalue weighted by molar-refractivity contribution is -0.150. The van der Waals surface area contributed by atoms with Crippen LogP contribution < -0.4 is 10.6 Å². The Morgan fingerprint density at radius 1 is 1.17 bits per heavy atom. The Hall–Kier alpha value is -2.93. The van der Waals surface area contributed by atoms with Crippen LogP contribution in [-0.4, -0.2) is 42.1 Å². The van der Waals surface area contributed by atoms with Crippen LogP contribution >= 0.6 is 0 Å². The van der Waals surface area contributed by atoms with E-state index >= 15 is 0 Å². The smallest absolute Gasteiger partial charge is 0.306 e. The summed E-state index contributed by atoms with van der Waals surface area (Å²) in [4.78, 5) is 36.8. The van der Waals surface area contributed by atoms with Crippen molar-refractivity contribution in [3.8, 4) is 0 Å². The van der Waals surface area contributed by atoms with Crippen LogP contribution in [0.15, 0.2) is 55.6 Å². The van der Waals surface area contributed by atoms with Crippen LogP contribution in [-0.2, 0) is 19.1 Å². The second-order valence-corrected chi connectivity index (χ2v) is 7.04. The predicted octanol–water partition coefficient (Wildman–Crippen LogP) is 2.43. The topological polar surface area (TPSA) is 105 Å². The largest absolute Gasteiger partial charge is 0.456 e. The number of hydrogen-bond donors (Lipinski definition) is 3.